The van der Waals surface area contributed by atoms with E-state index in [-0.39, 0.29) is 13.2 Å². The van der Waals surface area contributed by atoms with Gasteiger partial charge in [-0.3, -0.25) is 0 Å². The first-order valence-corrected chi connectivity index (χ1v) is 12.1. The van der Waals surface area contributed by atoms with E-state index in [2.05, 4.69) is 10.6 Å². The first kappa shape index (κ1) is 25.5. The summed E-state index contributed by atoms with van der Waals surface area (Å²) in [6.45, 7) is 8.48. The average Bonchev–Trinajstić information content (AvgIpc) is 3.09. The monoisotopic (exact) mass is 484 g/mol. The number of amides is 1. The zero-order chi connectivity index (χ0) is 25.6. The second-order valence-corrected chi connectivity index (χ2v) is 9.84. The van der Waals surface area contributed by atoms with Crippen LogP contribution >= 0.6 is 0 Å². The van der Waals surface area contributed by atoms with Crippen molar-refractivity contribution >= 4 is 30.7 Å². The number of rotatable bonds is 8. The summed E-state index contributed by atoms with van der Waals surface area (Å²) in [5, 5.41) is 6.23. The number of nitrogens with one attached hydrogen (secondary N) is 2. The molecule has 6 nitrogen and oxygen atoms in total. The lowest BCUT2D eigenvalue weighted by Crippen LogP contribution is -2.41. The van der Waals surface area contributed by atoms with Crippen molar-refractivity contribution < 1.29 is 18.8 Å². The van der Waals surface area contributed by atoms with Crippen LogP contribution in [0.2, 0.25) is 0 Å². The molecule has 186 valence electrons. The average molecular weight is 484 g/mol. The number of alkyl carbamates (subject to hydrolysis) is 1. The lowest BCUT2D eigenvalue weighted by atomic mass is 9.77. The Hall–Kier alpha value is -3.55. The topological polar surface area (TPSA) is 68.8 Å². The Morgan fingerprint density at radius 1 is 0.833 bits per heavy atom. The Balaban J connectivity index is 1.46. The molecule has 3 aromatic carbocycles. The van der Waals surface area contributed by atoms with Gasteiger partial charge < -0.3 is 24.7 Å². The molecule has 36 heavy (non-hydrogen) atoms. The Morgan fingerprint density at radius 2 is 1.39 bits per heavy atom. The standard InChI is InChI=1S/C29H33BN2O4/c1-28(2)29(3,4)36-30(35-28)24(20-31-27(33)34-21-23-11-7-5-8-12-23)19-22-15-17-26(18-16-22)32-25-13-9-6-10-14-25/h5-19,32H,20-21H2,1-4H3,(H,31,33). The number of carbonyl (C=O) groups excluding carboxylic acids is 1. The summed E-state index contributed by atoms with van der Waals surface area (Å²) in [6, 6.07) is 27.7. The molecule has 0 aromatic heterocycles. The van der Waals surface area contributed by atoms with Crippen LogP contribution in [-0.4, -0.2) is 31.0 Å². The third-order valence-corrected chi connectivity index (χ3v) is 6.53. The fourth-order valence-corrected chi connectivity index (χ4v) is 3.71. The van der Waals surface area contributed by atoms with Gasteiger partial charge in [0, 0.05) is 17.9 Å². The van der Waals surface area contributed by atoms with E-state index in [0.717, 1.165) is 28.0 Å². The maximum absolute atomic E-state index is 12.4. The molecule has 1 amide bonds. The highest BCUT2D eigenvalue weighted by molar-refractivity contribution is 6.56. The first-order valence-electron chi connectivity index (χ1n) is 12.1. The van der Waals surface area contributed by atoms with Gasteiger partial charge in [0.15, 0.2) is 0 Å². The summed E-state index contributed by atoms with van der Waals surface area (Å²) in [5.41, 5.74) is 3.72. The molecule has 2 N–H and O–H groups in total. The molecule has 7 heteroatoms. The largest absolute Gasteiger partial charge is 0.492 e. The van der Waals surface area contributed by atoms with Crippen LogP contribution in [0, 0.1) is 0 Å². The molecule has 0 unspecified atom stereocenters. The lowest BCUT2D eigenvalue weighted by molar-refractivity contribution is 0.00578. The Morgan fingerprint density at radius 3 is 2.00 bits per heavy atom. The molecule has 3 aromatic rings. The van der Waals surface area contributed by atoms with E-state index < -0.39 is 24.4 Å². The maximum Gasteiger partial charge on any atom is 0.492 e. The fourth-order valence-electron chi connectivity index (χ4n) is 3.71. The quantitative estimate of drug-likeness (QED) is 0.364. The maximum atomic E-state index is 12.4. The van der Waals surface area contributed by atoms with Gasteiger partial charge in [0.1, 0.15) is 6.61 Å². The third-order valence-electron chi connectivity index (χ3n) is 6.53. The van der Waals surface area contributed by atoms with Crippen molar-refractivity contribution in [1.29, 1.82) is 0 Å². The first-order chi connectivity index (χ1) is 17.2. The summed E-state index contributed by atoms with van der Waals surface area (Å²) in [4.78, 5) is 12.4. The number of anilines is 2. The van der Waals surface area contributed by atoms with Gasteiger partial charge in [-0.05, 0) is 68.6 Å². The predicted molar refractivity (Wildman–Crippen MR) is 145 cm³/mol. The summed E-state index contributed by atoms with van der Waals surface area (Å²) < 4.78 is 17.9. The van der Waals surface area contributed by atoms with E-state index in [1.54, 1.807) is 0 Å². The molecule has 0 bridgehead atoms. The van der Waals surface area contributed by atoms with Gasteiger partial charge in [-0.1, -0.05) is 66.7 Å². The molecule has 1 aliphatic rings. The number of para-hydroxylation sites is 1. The number of carbonyl (C=O) groups is 1. The fraction of sp³-hybridized carbons (Fsp3) is 0.276. The molecule has 0 aliphatic carbocycles. The van der Waals surface area contributed by atoms with Crippen LogP contribution in [0.1, 0.15) is 38.8 Å². The Kier molecular flexibility index (Phi) is 7.82. The van der Waals surface area contributed by atoms with Gasteiger partial charge in [-0.15, -0.1) is 0 Å². The normalized spacial score (nSPS) is 16.4. The van der Waals surface area contributed by atoms with Crippen molar-refractivity contribution in [3.8, 4) is 0 Å². The predicted octanol–water partition coefficient (Wildman–Crippen LogP) is 6.37. The summed E-state index contributed by atoms with van der Waals surface area (Å²) in [5.74, 6) is 0. The molecular formula is C29H33BN2O4. The SMILES string of the molecule is CC1(C)OB(C(=Cc2ccc(Nc3ccccc3)cc2)CNC(=O)OCc2ccccc2)OC1(C)C. The van der Waals surface area contributed by atoms with Crippen LogP contribution < -0.4 is 10.6 Å². The van der Waals surface area contributed by atoms with Gasteiger partial charge >= 0.3 is 13.2 Å². The van der Waals surface area contributed by atoms with Gasteiger partial charge in [0.05, 0.1) is 11.2 Å². The molecule has 4 rings (SSSR count). The van der Waals surface area contributed by atoms with Crippen LogP contribution in [0.3, 0.4) is 0 Å². The lowest BCUT2D eigenvalue weighted by Gasteiger charge is -2.32. The number of hydrogen-bond acceptors (Lipinski definition) is 5. The number of ether oxygens (including phenoxy) is 1. The van der Waals surface area contributed by atoms with Gasteiger partial charge in [0.2, 0.25) is 0 Å². The Bertz CT molecular complexity index is 1160. The van der Waals surface area contributed by atoms with Crippen molar-refractivity contribution in [2.45, 2.75) is 45.5 Å². The van der Waals surface area contributed by atoms with Crippen LogP contribution in [-0.2, 0) is 20.7 Å². The minimum absolute atomic E-state index is 0.206. The van der Waals surface area contributed by atoms with E-state index in [0.29, 0.717) is 0 Å². The van der Waals surface area contributed by atoms with Crippen LogP contribution in [0.4, 0.5) is 16.2 Å². The number of hydrogen-bond donors (Lipinski definition) is 2. The summed E-state index contributed by atoms with van der Waals surface area (Å²) in [6.07, 6.45) is 1.50. The summed E-state index contributed by atoms with van der Waals surface area (Å²) in [7, 11) is -0.591. The molecule has 0 spiro atoms. The van der Waals surface area contributed by atoms with Crippen molar-refractivity contribution in [1.82, 2.24) is 5.32 Å². The van der Waals surface area contributed by atoms with Gasteiger partial charge in [0.25, 0.3) is 0 Å². The van der Waals surface area contributed by atoms with Crippen molar-refractivity contribution in [3.05, 3.63) is 102 Å². The zero-order valence-corrected chi connectivity index (χ0v) is 21.3. The molecule has 1 saturated heterocycles. The second kappa shape index (κ2) is 11.0. The van der Waals surface area contributed by atoms with Crippen molar-refractivity contribution in [2.24, 2.45) is 0 Å². The molecule has 0 radical (unpaired) electrons. The minimum atomic E-state index is -0.591. The van der Waals surface area contributed by atoms with Crippen LogP contribution in [0.5, 0.6) is 0 Å². The third kappa shape index (κ3) is 6.56. The van der Waals surface area contributed by atoms with Crippen molar-refractivity contribution in [3.63, 3.8) is 0 Å². The van der Waals surface area contributed by atoms with Crippen LogP contribution in [0.25, 0.3) is 6.08 Å². The smallest absolute Gasteiger partial charge is 0.445 e. The second-order valence-electron chi connectivity index (χ2n) is 9.84. The minimum Gasteiger partial charge on any atom is -0.445 e. The molecule has 0 atom stereocenters. The van der Waals surface area contributed by atoms with E-state index >= 15 is 0 Å². The van der Waals surface area contributed by atoms with E-state index in [4.69, 9.17) is 14.0 Å². The highest BCUT2D eigenvalue weighted by atomic mass is 16.7. The van der Waals surface area contributed by atoms with Gasteiger partial charge in [-0.2, -0.15) is 0 Å². The zero-order valence-electron chi connectivity index (χ0n) is 21.3. The number of benzene rings is 3. The van der Waals surface area contributed by atoms with E-state index in [1.807, 2.05) is 119 Å². The highest BCUT2D eigenvalue weighted by Gasteiger charge is 2.52. The van der Waals surface area contributed by atoms with Crippen molar-refractivity contribution in [2.75, 3.05) is 11.9 Å². The van der Waals surface area contributed by atoms with Gasteiger partial charge in [-0.25, -0.2) is 4.79 Å². The molecular weight excluding hydrogens is 451 g/mol. The van der Waals surface area contributed by atoms with E-state index in [9.17, 15) is 4.79 Å². The molecule has 0 saturated carbocycles. The molecule has 1 fully saturated rings. The highest BCUT2D eigenvalue weighted by Crippen LogP contribution is 2.38. The Labute approximate surface area is 213 Å². The molecule has 1 heterocycles. The molecule has 1 aliphatic heterocycles. The van der Waals surface area contributed by atoms with Crippen LogP contribution in [0.15, 0.2) is 90.4 Å². The van der Waals surface area contributed by atoms with E-state index in [1.165, 1.54) is 0 Å². The summed E-state index contributed by atoms with van der Waals surface area (Å²) >= 11 is 0.